The monoisotopic (exact) mass is 419 g/mol. The number of H-pyrrole nitrogens is 1. The number of rotatable bonds is 4. The standard InChI is InChI=1S/C23H25N5O3/c1-23(2,3)31-22(29)28-19-8-6-5-7-16(19)25-21(28)18-13-17(26-27-18)20(24)14-9-11-15(30-4)12-10-14/h5-13,20H,24H2,1-4H3,(H,26,27). The normalized spacial score (nSPS) is 12.7. The SMILES string of the molecule is COc1ccc(C(N)c2cc(-c3nc4ccccc4n3C(=O)OC(C)(C)C)n[nH]2)cc1. The van der Waals surface area contributed by atoms with Gasteiger partial charge in [0.25, 0.3) is 0 Å². The highest BCUT2D eigenvalue weighted by Gasteiger charge is 2.25. The van der Waals surface area contributed by atoms with Crippen LogP contribution in [0.25, 0.3) is 22.6 Å². The van der Waals surface area contributed by atoms with Crippen LogP contribution in [0.5, 0.6) is 5.75 Å². The van der Waals surface area contributed by atoms with E-state index in [0.29, 0.717) is 28.2 Å². The lowest BCUT2D eigenvalue weighted by Gasteiger charge is -2.20. The molecule has 2 heterocycles. The maximum atomic E-state index is 13.0. The van der Waals surface area contributed by atoms with Gasteiger partial charge in [-0.2, -0.15) is 5.10 Å². The molecule has 0 saturated heterocycles. The van der Waals surface area contributed by atoms with Crippen molar-refractivity contribution in [3.05, 3.63) is 65.9 Å². The van der Waals surface area contributed by atoms with Gasteiger partial charge in [0.05, 0.1) is 29.9 Å². The van der Waals surface area contributed by atoms with E-state index in [1.54, 1.807) is 13.2 Å². The van der Waals surface area contributed by atoms with E-state index >= 15 is 0 Å². The number of aromatic nitrogens is 4. The summed E-state index contributed by atoms with van der Waals surface area (Å²) < 4.78 is 12.3. The molecule has 0 amide bonds. The smallest absolute Gasteiger partial charge is 0.420 e. The molecule has 0 saturated carbocycles. The average molecular weight is 419 g/mol. The molecule has 0 aliphatic heterocycles. The molecule has 4 aromatic rings. The van der Waals surface area contributed by atoms with E-state index in [2.05, 4.69) is 15.2 Å². The van der Waals surface area contributed by atoms with Crippen molar-refractivity contribution < 1.29 is 14.3 Å². The molecule has 0 aliphatic carbocycles. The minimum Gasteiger partial charge on any atom is -0.497 e. The molecule has 31 heavy (non-hydrogen) atoms. The molecule has 8 heteroatoms. The molecule has 160 valence electrons. The number of imidazole rings is 1. The van der Waals surface area contributed by atoms with Gasteiger partial charge >= 0.3 is 6.09 Å². The van der Waals surface area contributed by atoms with Gasteiger partial charge in [0.2, 0.25) is 0 Å². The minimum absolute atomic E-state index is 0.389. The second-order valence-electron chi connectivity index (χ2n) is 8.20. The Morgan fingerprint density at radius 1 is 1.13 bits per heavy atom. The lowest BCUT2D eigenvalue weighted by molar-refractivity contribution is 0.0546. The van der Waals surface area contributed by atoms with Crippen LogP contribution in [0, 0.1) is 0 Å². The van der Waals surface area contributed by atoms with Crippen LogP contribution in [-0.2, 0) is 4.74 Å². The zero-order valence-corrected chi connectivity index (χ0v) is 17.9. The van der Waals surface area contributed by atoms with E-state index in [9.17, 15) is 4.79 Å². The Balaban J connectivity index is 1.73. The third-order valence-corrected chi connectivity index (χ3v) is 4.77. The summed E-state index contributed by atoms with van der Waals surface area (Å²) in [7, 11) is 1.62. The van der Waals surface area contributed by atoms with Gasteiger partial charge in [0.1, 0.15) is 17.0 Å². The summed E-state index contributed by atoms with van der Waals surface area (Å²) in [4.78, 5) is 17.6. The van der Waals surface area contributed by atoms with Crippen molar-refractivity contribution in [1.29, 1.82) is 0 Å². The molecule has 0 radical (unpaired) electrons. The number of ether oxygens (including phenoxy) is 2. The molecule has 3 N–H and O–H groups in total. The molecule has 0 aliphatic rings. The lowest BCUT2D eigenvalue weighted by Crippen LogP contribution is -2.27. The summed E-state index contributed by atoms with van der Waals surface area (Å²) >= 11 is 0. The number of para-hydroxylation sites is 2. The number of nitrogens with two attached hydrogens (primary N) is 1. The van der Waals surface area contributed by atoms with Crippen LogP contribution in [0.4, 0.5) is 4.79 Å². The topological polar surface area (TPSA) is 108 Å². The molecule has 0 bridgehead atoms. The van der Waals surface area contributed by atoms with E-state index in [-0.39, 0.29) is 0 Å². The van der Waals surface area contributed by atoms with Crippen LogP contribution in [0.3, 0.4) is 0 Å². The number of hydrogen-bond donors (Lipinski definition) is 2. The van der Waals surface area contributed by atoms with Crippen LogP contribution in [0.2, 0.25) is 0 Å². The Morgan fingerprint density at radius 3 is 2.52 bits per heavy atom. The van der Waals surface area contributed by atoms with Crippen molar-refractivity contribution in [2.24, 2.45) is 5.73 Å². The van der Waals surface area contributed by atoms with E-state index in [0.717, 1.165) is 11.3 Å². The zero-order chi connectivity index (χ0) is 22.2. The number of carbonyl (C=O) groups is 1. The van der Waals surface area contributed by atoms with Gasteiger partial charge in [-0.3, -0.25) is 5.10 Å². The van der Waals surface area contributed by atoms with Crippen molar-refractivity contribution in [2.45, 2.75) is 32.4 Å². The first kappa shape index (κ1) is 20.6. The number of fused-ring (bicyclic) bond motifs is 1. The Kier molecular flexibility index (Phi) is 5.24. The van der Waals surface area contributed by atoms with Crippen LogP contribution in [0.1, 0.15) is 38.1 Å². The molecule has 2 aromatic carbocycles. The van der Waals surface area contributed by atoms with Gasteiger partial charge in [0, 0.05) is 0 Å². The fourth-order valence-electron chi connectivity index (χ4n) is 3.29. The maximum Gasteiger partial charge on any atom is 0.420 e. The molecule has 1 atom stereocenters. The zero-order valence-electron chi connectivity index (χ0n) is 17.9. The third kappa shape index (κ3) is 4.15. The summed E-state index contributed by atoms with van der Waals surface area (Å²) in [6.07, 6.45) is -0.514. The van der Waals surface area contributed by atoms with Gasteiger partial charge in [-0.25, -0.2) is 14.3 Å². The average Bonchev–Trinajstić information content (AvgIpc) is 3.37. The Labute approximate surface area is 180 Å². The summed E-state index contributed by atoms with van der Waals surface area (Å²) in [6, 6.07) is 16.3. The number of aromatic amines is 1. The predicted octanol–water partition coefficient (Wildman–Crippen LogP) is 4.27. The lowest BCUT2D eigenvalue weighted by atomic mass is 10.0. The molecule has 2 aromatic heterocycles. The maximum absolute atomic E-state index is 13.0. The van der Waals surface area contributed by atoms with E-state index < -0.39 is 17.7 Å². The summed E-state index contributed by atoms with van der Waals surface area (Å²) in [6.45, 7) is 5.47. The molecule has 0 spiro atoms. The van der Waals surface area contributed by atoms with Gasteiger partial charge in [0.15, 0.2) is 5.82 Å². The largest absolute Gasteiger partial charge is 0.497 e. The Bertz CT molecular complexity index is 1220. The minimum atomic E-state index is -0.646. The highest BCUT2D eigenvalue weighted by molar-refractivity contribution is 5.91. The molecule has 1 unspecified atom stereocenters. The van der Waals surface area contributed by atoms with Crippen LogP contribution in [0.15, 0.2) is 54.6 Å². The van der Waals surface area contributed by atoms with Gasteiger partial charge in [-0.1, -0.05) is 24.3 Å². The van der Waals surface area contributed by atoms with Crippen LogP contribution < -0.4 is 10.5 Å². The Hall–Kier alpha value is -3.65. The van der Waals surface area contributed by atoms with Crippen LogP contribution >= 0.6 is 0 Å². The number of nitrogens with one attached hydrogen (secondary N) is 1. The van der Waals surface area contributed by atoms with E-state index in [1.807, 2.05) is 69.3 Å². The molecule has 0 fully saturated rings. The second kappa shape index (κ2) is 7.88. The Morgan fingerprint density at radius 2 is 1.84 bits per heavy atom. The number of nitrogens with zero attached hydrogens (tertiary/aromatic N) is 3. The van der Waals surface area contributed by atoms with Crippen molar-refractivity contribution >= 4 is 17.1 Å². The molecule has 8 nitrogen and oxygen atoms in total. The van der Waals surface area contributed by atoms with E-state index in [4.69, 9.17) is 15.2 Å². The number of hydrogen-bond acceptors (Lipinski definition) is 6. The fraction of sp³-hybridized carbons (Fsp3) is 0.261. The first-order valence-electron chi connectivity index (χ1n) is 9.93. The summed E-state index contributed by atoms with van der Waals surface area (Å²) in [5.41, 5.74) is 9.20. The molecule has 4 rings (SSSR count). The number of benzene rings is 2. The molecular weight excluding hydrogens is 394 g/mol. The van der Waals surface area contributed by atoms with Gasteiger partial charge in [-0.05, 0) is 56.7 Å². The van der Waals surface area contributed by atoms with Crippen LogP contribution in [-0.4, -0.2) is 38.6 Å². The van der Waals surface area contributed by atoms with Crippen molar-refractivity contribution in [1.82, 2.24) is 19.7 Å². The van der Waals surface area contributed by atoms with Gasteiger partial charge < -0.3 is 15.2 Å². The first-order valence-corrected chi connectivity index (χ1v) is 9.93. The van der Waals surface area contributed by atoms with Crippen molar-refractivity contribution in [3.8, 4) is 17.3 Å². The van der Waals surface area contributed by atoms with E-state index in [1.165, 1.54) is 4.57 Å². The number of carbonyl (C=O) groups excluding carboxylic acids is 1. The fourth-order valence-corrected chi connectivity index (χ4v) is 3.29. The second-order valence-corrected chi connectivity index (χ2v) is 8.20. The predicted molar refractivity (Wildman–Crippen MR) is 118 cm³/mol. The van der Waals surface area contributed by atoms with Crippen molar-refractivity contribution in [2.75, 3.05) is 7.11 Å². The summed E-state index contributed by atoms with van der Waals surface area (Å²) in [5, 5.41) is 7.36. The first-order chi connectivity index (χ1) is 14.8. The van der Waals surface area contributed by atoms with Crippen molar-refractivity contribution in [3.63, 3.8) is 0 Å². The quantitative estimate of drug-likeness (QED) is 0.511. The van der Waals surface area contributed by atoms with Gasteiger partial charge in [-0.15, -0.1) is 0 Å². The molecular formula is C23H25N5O3. The summed E-state index contributed by atoms with van der Waals surface area (Å²) in [5.74, 6) is 1.15. The highest BCUT2D eigenvalue weighted by Crippen LogP contribution is 2.28. The number of methoxy groups -OCH3 is 1. The highest BCUT2D eigenvalue weighted by atomic mass is 16.6. The third-order valence-electron chi connectivity index (χ3n) is 4.77.